The van der Waals surface area contributed by atoms with E-state index < -0.39 is 0 Å². The molecule has 4 aromatic rings. The average molecular weight is 436 g/mol. The molecule has 0 atom stereocenters. The zero-order valence-corrected chi connectivity index (χ0v) is 19.0. The van der Waals surface area contributed by atoms with Crippen LogP contribution < -0.4 is 5.32 Å². The normalized spacial score (nSPS) is 11.2. The number of nitrogens with zero attached hydrogens (tertiary/aromatic N) is 2. The van der Waals surface area contributed by atoms with Crippen LogP contribution in [-0.4, -0.2) is 22.0 Å². The van der Waals surface area contributed by atoms with Crippen LogP contribution in [0.5, 0.6) is 0 Å². The van der Waals surface area contributed by atoms with Crippen molar-refractivity contribution in [3.05, 3.63) is 75.4 Å². The Morgan fingerprint density at radius 1 is 1.13 bits per heavy atom. The molecular formula is C24H25N3OS2. The highest BCUT2D eigenvalue weighted by Gasteiger charge is 2.21. The minimum atomic E-state index is -0.0223. The summed E-state index contributed by atoms with van der Waals surface area (Å²) in [5.74, 6) is 0.389. The Kier molecular flexibility index (Phi) is 6.16. The minimum Gasteiger partial charge on any atom is -0.352 e. The van der Waals surface area contributed by atoms with E-state index >= 15 is 0 Å². The molecular weight excluding hydrogens is 410 g/mol. The third-order valence-corrected chi connectivity index (χ3v) is 6.72. The van der Waals surface area contributed by atoms with E-state index in [1.165, 1.54) is 4.88 Å². The standard InChI is InChI=1S/C24H25N3OS2/c1-16(2)13-25-23(28)20-12-22(27(17(20)3)14-19-10-7-11-29-19)21-15-30-24(26-21)18-8-5-4-6-9-18/h4-12,15-16H,13-14H2,1-3H3,(H,25,28). The summed E-state index contributed by atoms with van der Waals surface area (Å²) < 4.78 is 2.21. The molecule has 6 heteroatoms. The quantitative estimate of drug-likeness (QED) is 0.382. The smallest absolute Gasteiger partial charge is 0.253 e. The molecule has 154 valence electrons. The van der Waals surface area contributed by atoms with E-state index in [0.717, 1.165) is 39.8 Å². The van der Waals surface area contributed by atoms with Crippen LogP contribution in [0.4, 0.5) is 0 Å². The molecule has 0 aliphatic carbocycles. The fourth-order valence-electron chi connectivity index (χ4n) is 3.35. The zero-order valence-electron chi connectivity index (χ0n) is 17.4. The van der Waals surface area contributed by atoms with Crippen LogP contribution in [0.3, 0.4) is 0 Å². The van der Waals surface area contributed by atoms with E-state index in [1.807, 2.05) is 31.2 Å². The van der Waals surface area contributed by atoms with Crippen molar-refractivity contribution in [3.63, 3.8) is 0 Å². The first kappa shape index (κ1) is 20.6. The van der Waals surface area contributed by atoms with Crippen LogP contribution >= 0.6 is 22.7 Å². The number of rotatable bonds is 7. The summed E-state index contributed by atoms with van der Waals surface area (Å²) in [7, 11) is 0. The van der Waals surface area contributed by atoms with Crippen molar-refractivity contribution in [1.29, 1.82) is 0 Å². The summed E-state index contributed by atoms with van der Waals surface area (Å²) in [4.78, 5) is 19.0. The van der Waals surface area contributed by atoms with Crippen molar-refractivity contribution >= 4 is 28.6 Å². The van der Waals surface area contributed by atoms with Gasteiger partial charge in [-0.25, -0.2) is 4.98 Å². The molecule has 0 aliphatic heterocycles. The van der Waals surface area contributed by atoms with Crippen molar-refractivity contribution in [2.75, 3.05) is 6.54 Å². The van der Waals surface area contributed by atoms with E-state index in [1.54, 1.807) is 22.7 Å². The number of thiazole rings is 1. The van der Waals surface area contributed by atoms with Crippen LogP contribution in [-0.2, 0) is 6.54 Å². The third-order valence-electron chi connectivity index (χ3n) is 4.96. The number of nitrogens with one attached hydrogen (secondary N) is 1. The fourth-order valence-corrected chi connectivity index (χ4v) is 4.86. The Hall–Kier alpha value is -2.70. The van der Waals surface area contributed by atoms with Crippen molar-refractivity contribution in [2.45, 2.75) is 27.3 Å². The lowest BCUT2D eigenvalue weighted by atomic mass is 10.2. The Labute approximate surface area is 185 Å². The number of hydrogen-bond acceptors (Lipinski definition) is 4. The highest BCUT2D eigenvalue weighted by molar-refractivity contribution is 7.13. The largest absolute Gasteiger partial charge is 0.352 e. The summed E-state index contributed by atoms with van der Waals surface area (Å²) >= 11 is 3.35. The second kappa shape index (κ2) is 8.98. The molecule has 1 amide bonds. The Morgan fingerprint density at radius 2 is 1.93 bits per heavy atom. The predicted octanol–water partition coefficient (Wildman–Crippen LogP) is 6.08. The number of aromatic nitrogens is 2. The summed E-state index contributed by atoms with van der Waals surface area (Å²) in [6.07, 6.45) is 0. The van der Waals surface area contributed by atoms with Crippen LogP contribution in [0, 0.1) is 12.8 Å². The van der Waals surface area contributed by atoms with Crippen molar-refractivity contribution in [1.82, 2.24) is 14.9 Å². The topological polar surface area (TPSA) is 46.9 Å². The van der Waals surface area contributed by atoms with Crippen molar-refractivity contribution in [2.24, 2.45) is 5.92 Å². The van der Waals surface area contributed by atoms with E-state index in [0.29, 0.717) is 12.5 Å². The van der Waals surface area contributed by atoms with Gasteiger partial charge in [0, 0.05) is 28.1 Å². The molecule has 30 heavy (non-hydrogen) atoms. The summed E-state index contributed by atoms with van der Waals surface area (Å²) in [5.41, 5.74) is 4.68. The maximum Gasteiger partial charge on any atom is 0.253 e. The van der Waals surface area contributed by atoms with E-state index in [-0.39, 0.29) is 5.91 Å². The molecule has 0 saturated carbocycles. The van der Waals surface area contributed by atoms with Gasteiger partial charge in [0.1, 0.15) is 5.01 Å². The molecule has 1 aromatic carbocycles. The van der Waals surface area contributed by atoms with Gasteiger partial charge in [-0.05, 0) is 30.4 Å². The number of carbonyl (C=O) groups excluding carboxylic acids is 1. The number of benzene rings is 1. The molecule has 4 nitrogen and oxygen atoms in total. The van der Waals surface area contributed by atoms with E-state index in [9.17, 15) is 4.79 Å². The molecule has 0 spiro atoms. The van der Waals surface area contributed by atoms with Gasteiger partial charge in [0.05, 0.1) is 23.5 Å². The molecule has 0 radical (unpaired) electrons. The van der Waals surface area contributed by atoms with E-state index in [2.05, 4.69) is 58.8 Å². The van der Waals surface area contributed by atoms with Gasteiger partial charge >= 0.3 is 0 Å². The van der Waals surface area contributed by atoms with Gasteiger partial charge in [-0.2, -0.15) is 0 Å². The molecule has 0 bridgehead atoms. The molecule has 0 aliphatic rings. The molecule has 4 rings (SSSR count). The highest BCUT2D eigenvalue weighted by atomic mass is 32.1. The summed E-state index contributed by atoms with van der Waals surface area (Å²) in [5, 5.41) is 8.20. The van der Waals surface area contributed by atoms with Gasteiger partial charge in [-0.1, -0.05) is 50.2 Å². The van der Waals surface area contributed by atoms with Gasteiger partial charge in [0.25, 0.3) is 5.91 Å². The van der Waals surface area contributed by atoms with Crippen molar-refractivity contribution < 1.29 is 4.79 Å². The maximum absolute atomic E-state index is 12.9. The van der Waals surface area contributed by atoms with Crippen LogP contribution in [0.1, 0.15) is 34.8 Å². The molecule has 3 heterocycles. The first-order valence-corrected chi connectivity index (χ1v) is 11.8. The monoisotopic (exact) mass is 435 g/mol. The van der Waals surface area contributed by atoms with Crippen LogP contribution in [0.15, 0.2) is 59.3 Å². The van der Waals surface area contributed by atoms with Gasteiger partial charge < -0.3 is 9.88 Å². The zero-order chi connectivity index (χ0) is 21.1. The first-order valence-electron chi connectivity index (χ1n) is 10.0. The SMILES string of the molecule is Cc1c(C(=O)NCC(C)C)cc(-c2csc(-c3ccccc3)n2)n1Cc1cccs1. The molecule has 0 unspecified atom stereocenters. The minimum absolute atomic E-state index is 0.0223. The summed E-state index contributed by atoms with van der Waals surface area (Å²) in [6.45, 7) is 7.61. The second-order valence-corrected chi connectivity index (χ2v) is 9.59. The lowest BCUT2D eigenvalue weighted by Crippen LogP contribution is -2.27. The van der Waals surface area contributed by atoms with Gasteiger partial charge in [-0.15, -0.1) is 22.7 Å². The number of carbonyl (C=O) groups is 1. The Bertz CT molecular complexity index is 1120. The molecule has 1 N–H and O–H groups in total. The average Bonchev–Trinajstić information content (AvgIpc) is 3.49. The number of hydrogen-bond donors (Lipinski definition) is 1. The predicted molar refractivity (Wildman–Crippen MR) is 126 cm³/mol. The third kappa shape index (κ3) is 4.40. The number of thiophene rings is 1. The van der Waals surface area contributed by atoms with E-state index in [4.69, 9.17) is 4.98 Å². The number of amides is 1. The van der Waals surface area contributed by atoms with Crippen LogP contribution in [0.25, 0.3) is 22.0 Å². The lowest BCUT2D eigenvalue weighted by molar-refractivity contribution is 0.0948. The summed E-state index contributed by atoms with van der Waals surface area (Å²) in [6, 6.07) is 16.4. The Morgan fingerprint density at radius 3 is 2.63 bits per heavy atom. The molecule has 3 aromatic heterocycles. The first-order chi connectivity index (χ1) is 14.5. The van der Waals surface area contributed by atoms with Gasteiger partial charge in [-0.3, -0.25) is 4.79 Å². The van der Waals surface area contributed by atoms with Gasteiger partial charge in [0.2, 0.25) is 0 Å². The van der Waals surface area contributed by atoms with Crippen molar-refractivity contribution in [3.8, 4) is 22.0 Å². The fraction of sp³-hybridized carbons (Fsp3) is 0.250. The second-order valence-electron chi connectivity index (χ2n) is 7.70. The Balaban J connectivity index is 1.73. The lowest BCUT2D eigenvalue weighted by Gasteiger charge is -2.10. The maximum atomic E-state index is 12.9. The van der Waals surface area contributed by atoms with Gasteiger partial charge in [0.15, 0.2) is 0 Å². The van der Waals surface area contributed by atoms with Crippen LogP contribution in [0.2, 0.25) is 0 Å². The molecule has 0 fully saturated rings. The molecule has 0 saturated heterocycles. The highest BCUT2D eigenvalue weighted by Crippen LogP contribution is 2.32.